The number of nitrogens with one attached hydrogen (secondary N) is 1. The van der Waals surface area contributed by atoms with E-state index >= 15 is 0 Å². The molecule has 2 aliphatic heterocycles. The summed E-state index contributed by atoms with van der Waals surface area (Å²) in [4.78, 5) is 17.0. The molecule has 1 amide bonds. The van der Waals surface area contributed by atoms with E-state index in [9.17, 15) is 9.90 Å². The van der Waals surface area contributed by atoms with Crippen molar-refractivity contribution >= 4 is 5.91 Å². The summed E-state index contributed by atoms with van der Waals surface area (Å²) in [6, 6.07) is 0.0751. The molecule has 0 bridgehead atoms. The number of hydrogen-bond donors (Lipinski definition) is 2. The topological polar surface area (TPSA) is 76.4 Å². The highest BCUT2D eigenvalue weighted by Crippen LogP contribution is 2.48. The van der Waals surface area contributed by atoms with Crippen LogP contribution in [0.15, 0.2) is 6.20 Å². The van der Waals surface area contributed by atoms with Crippen molar-refractivity contribution in [2.75, 3.05) is 13.2 Å². The molecule has 3 aliphatic rings. The number of carbonyl (C=O) groups is 1. The van der Waals surface area contributed by atoms with Crippen LogP contribution in [-0.2, 0) is 28.9 Å². The molecule has 1 aromatic rings. The quantitative estimate of drug-likeness (QED) is 0.864. The Kier molecular flexibility index (Phi) is 3.89. The molecule has 0 radical (unpaired) electrons. The number of rotatable bonds is 3. The molecule has 126 valence electrons. The van der Waals surface area contributed by atoms with E-state index in [1.165, 1.54) is 12.8 Å². The van der Waals surface area contributed by atoms with Crippen LogP contribution in [0.1, 0.15) is 43.6 Å². The van der Waals surface area contributed by atoms with Gasteiger partial charge in [-0.25, -0.2) is 4.98 Å². The molecule has 1 aromatic heterocycles. The Bertz CT molecular complexity index is 568. The molecule has 4 rings (SSSR count). The van der Waals surface area contributed by atoms with Gasteiger partial charge in [-0.3, -0.25) is 4.79 Å². The molecule has 6 heteroatoms. The van der Waals surface area contributed by atoms with Crippen LogP contribution in [0.5, 0.6) is 0 Å². The number of aromatic nitrogens is 2. The van der Waals surface area contributed by atoms with Crippen molar-refractivity contribution in [1.82, 2.24) is 14.9 Å². The van der Waals surface area contributed by atoms with E-state index in [4.69, 9.17) is 4.74 Å². The van der Waals surface area contributed by atoms with Crippen molar-refractivity contribution in [3.8, 4) is 0 Å². The van der Waals surface area contributed by atoms with Gasteiger partial charge in [0.25, 0.3) is 0 Å². The first-order chi connectivity index (χ1) is 11.2. The van der Waals surface area contributed by atoms with Crippen LogP contribution in [0.3, 0.4) is 0 Å². The van der Waals surface area contributed by atoms with Gasteiger partial charge in [0.05, 0.1) is 18.2 Å². The van der Waals surface area contributed by atoms with E-state index in [1.807, 2.05) is 6.20 Å². The fourth-order valence-corrected chi connectivity index (χ4v) is 4.37. The second-order valence-electron chi connectivity index (χ2n) is 7.19. The zero-order valence-electron chi connectivity index (χ0n) is 13.5. The molecule has 0 aromatic carbocycles. The summed E-state index contributed by atoms with van der Waals surface area (Å²) < 4.78 is 7.59. The van der Waals surface area contributed by atoms with E-state index in [0.717, 1.165) is 37.3 Å². The number of carbonyl (C=O) groups excluding carboxylic acids is 1. The molecular weight excluding hydrogens is 294 g/mol. The summed E-state index contributed by atoms with van der Waals surface area (Å²) >= 11 is 0. The Morgan fingerprint density at radius 1 is 1.43 bits per heavy atom. The first-order valence-corrected chi connectivity index (χ1v) is 8.77. The van der Waals surface area contributed by atoms with E-state index in [2.05, 4.69) is 14.9 Å². The predicted molar refractivity (Wildman–Crippen MR) is 83.9 cm³/mol. The summed E-state index contributed by atoms with van der Waals surface area (Å²) in [5, 5.41) is 13.3. The standard InChI is InChI=1S/C17H25N3O3/c21-14-10-13(17(14)4-7-23-8-5-17)19-16(22)9-12-11-20-6-2-1-3-15(20)18-12/h11,13-14,21H,1-10H2,(H,19,22)/t13-,14-/m1/s1. The fourth-order valence-electron chi connectivity index (χ4n) is 4.37. The highest BCUT2D eigenvalue weighted by molar-refractivity contribution is 5.78. The Morgan fingerprint density at radius 3 is 3.00 bits per heavy atom. The second kappa shape index (κ2) is 5.91. The van der Waals surface area contributed by atoms with Crippen LogP contribution in [0.25, 0.3) is 0 Å². The molecule has 1 spiro atoms. The molecule has 1 saturated heterocycles. The average molecular weight is 319 g/mol. The molecule has 23 heavy (non-hydrogen) atoms. The Hall–Kier alpha value is -1.40. The van der Waals surface area contributed by atoms with Crippen LogP contribution in [0.4, 0.5) is 0 Å². The van der Waals surface area contributed by atoms with Gasteiger partial charge in [0, 0.05) is 43.8 Å². The van der Waals surface area contributed by atoms with Crippen molar-refractivity contribution in [2.45, 2.75) is 63.6 Å². The number of amides is 1. The smallest absolute Gasteiger partial charge is 0.226 e. The van der Waals surface area contributed by atoms with Crippen molar-refractivity contribution in [2.24, 2.45) is 5.41 Å². The monoisotopic (exact) mass is 319 g/mol. The molecule has 2 N–H and O–H groups in total. The lowest BCUT2D eigenvalue weighted by Crippen LogP contribution is -2.65. The van der Waals surface area contributed by atoms with Crippen LogP contribution in [0, 0.1) is 5.41 Å². The van der Waals surface area contributed by atoms with Crippen molar-refractivity contribution < 1.29 is 14.6 Å². The van der Waals surface area contributed by atoms with Gasteiger partial charge >= 0.3 is 0 Å². The maximum absolute atomic E-state index is 12.4. The summed E-state index contributed by atoms with van der Waals surface area (Å²) in [5.41, 5.74) is 0.696. The molecule has 0 unspecified atom stereocenters. The molecule has 6 nitrogen and oxygen atoms in total. The number of fused-ring (bicyclic) bond motifs is 1. The van der Waals surface area contributed by atoms with Crippen LogP contribution in [0.2, 0.25) is 0 Å². The van der Waals surface area contributed by atoms with Crippen LogP contribution >= 0.6 is 0 Å². The molecular formula is C17H25N3O3. The number of aryl methyl sites for hydroxylation is 2. The zero-order chi connectivity index (χ0) is 15.9. The highest BCUT2D eigenvalue weighted by atomic mass is 16.5. The van der Waals surface area contributed by atoms with Gasteiger partial charge in [0.1, 0.15) is 5.82 Å². The molecule has 2 atom stereocenters. The number of ether oxygens (including phenoxy) is 1. The van der Waals surface area contributed by atoms with Gasteiger partial charge in [0.2, 0.25) is 5.91 Å². The lowest BCUT2D eigenvalue weighted by atomic mass is 9.58. The molecule has 1 saturated carbocycles. The minimum atomic E-state index is -0.309. The first kappa shape index (κ1) is 15.1. The molecule has 1 aliphatic carbocycles. The van der Waals surface area contributed by atoms with Gasteiger partial charge in [-0.15, -0.1) is 0 Å². The van der Waals surface area contributed by atoms with Crippen molar-refractivity contribution in [1.29, 1.82) is 0 Å². The van der Waals surface area contributed by atoms with Crippen molar-refractivity contribution in [3.63, 3.8) is 0 Å². The summed E-state index contributed by atoms with van der Waals surface area (Å²) in [6.45, 7) is 2.37. The SMILES string of the molecule is O=C(Cc1cn2c(n1)CCCC2)N[C@@H]1C[C@@H](O)C12CCOCC2. The third kappa shape index (κ3) is 2.68. The summed E-state index contributed by atoms with van der Waals surface area (Å²) in [5.74, 6) is 1.13. The van der Waals surface area contributed by atoms with E-state index in [0.29, 0.717) is 26.1 Å². The van der Waals surface area contributed by atoms with Crippen LogP contribution < -0.4 is 5.32 Å². The minimum absolute atomic E-state index is 0.0169. The maximum Gasteiger partial charge on any atom is 0.226 e. The third-order valence-corrected chi connectivity index (χ3v) is 5.88. The lowest BCUT2D eigenvalue weighted by molar-refractivity contribution is -0.155. The number of nitrogens with zero attached hydrogens (tertiary/aromatic N) is 2. The fraction of sp³-hybridized carbons (Fsp3) is 0.765. The minimum Gasteiger partial charge on any atom is -0.392 e. The average Bonchev–Trinajstić information content (AvgIpc) is 2.97. The predicted octanol–water partition coefficient (Wildman–Crippen LogP) is 0.808. The number of aliphatic hydroxyl groups is 1. The summed E-state index contributed by atoms with van der Waals surface area (Å²) in [7, 11) is 0. The van der Waals surface area contributed by atoms with Gasteiger partial charge in [0.15, 0.2) is 0 Å². The van der Waals surface area contributed by atoms with Gasteiger partial charge in [-0.05, 0) is 32.1 Å². The van der Waals surface area contributed by atoms with Gasteiger partial charge in [-0.1, -0.05) is 0 Å². The van der Waals surface area contributed by atoms with Gasteiger partial charge < -0.3 is 19.7 Å². The normalized spacial score (nSPS) is 28.9. The Balaban J connectivity index is 1.37. The first-order valence-electron chi connectivity index (χ1n) is 8.77. The van der Waals surface area contributed by atoms with Crippen LogP contribution in [-0.4, -0.2) is 45.9 Å². The lowest BCUT2D eigenvalue weighted by Gasteiger charge is -2.55. The Labute approximate surface area is 136 Å². The van der Waals surface area contributed by atoms with E-state index < -0.39 is 0 Å². The third-order valence-electron chi connectivity index (χ3n) is 5.88. The zero-order valence-corrected chi connectivity index (χ0v) is 13.5. The number of imidazole rings is 1. The second-order valence-corrected chi connectivity index (χ2v) is 7.19. The summed E-state index contributed by atoms with van der Waals surface area (Å²) in [6.07, 6.45) is 7.76. The molecule has 2 fully saturated rings. The van der Waals surface area contributed by atoms with E-state index in [-0.39, 0.29) is 23.5 Å². The number of hydrogen-bond acceptors (Lipinski definition) is 4. The van der Waals surface area contributed by atoms with Gasteiger partial charge in [-0.2, -0.15) is 0 Å². The van der Waals surface area contributed by atoms with Crippen molar-refractivity contribution in [3.05, 3.63) is 17.7 Å². The number of aliphatic hydroxyl groups excluding tert-OH is 1. The van der Waals surface area contributed by atoms with E-state index in [1.54, 1.807) is 0 Å². The highest BCUT2D eigenvalue weighted by Gasteiger charge is 2.55. The molecule has 3 heterocycles. The Morgan fingerprint density at radius 2 is 2.26 bits per heavy atom. The maximum atomic E-state index is 12.4. The largest absolute Gasteiger partial charge is 0.392 e.